The van der Waals surface area contributed by atoms with Gasteiger partial charge in [-0.05, 0) is 18.6 Å². The lowest BCUT2D eigenvalue weighted by atomic mass is 10.1. The topological polar surface area (TPSA) is 33.4 Å². The van der Waals surface area contributed by atoms with Crippen molar-refractivity contribution >= 4 is 22.0 Å². The fraction of sp³-hybridized carbons (Fsp3) is 0.333. The minimum Gasteiger partial charge on any atom is -0.365 e. The smallest absolute Gasteiger partial charge is 0.212 e. The number of hydrogen-bond acceptors (Lipinski definition) is 4. The van der Waals surface area contributed by atoms with Gasteiger partial charge >= 0.3 is 0 Å². The molecule has 5 heteroatoms. The first-order chi connectivity index (χ1) is 9.85. The van der Waals surface area contributed by atoms with Crippen LogP contribution in [0.25, 0.3) is 4.96 Å². The third-order valence-electron chi connectivity index (χ3n) is 3.80. The molecule has 0 atom stereocenters. The van der Waals surface area contributed by atoms with Crippen LogP contribution in [0.5, 0.6) is 0 Å². The molecular formula is C15H16N4S. The number of aromatic nitrogens is 3. The fourth-order valence-electron chi connectivity index (χ4n) is 2.73. The van der Waals surface area contributed by atoms with E-state index in [4.69, 9.17) is 4.98 Å². The third kappa shape index (κ3) is 1.81. The van der Waals surface area contributed by atoms with Gasteiger partial charge in [-0.25, -0.2) is 9.50 Å². The predicted octanol–water partition coefficient (Wildman–Crippen LogP) is 2.92. The van der Waals surface area contributed by atoms with E-state index in [0.717, 1.165) is 35.9 Å². The first-order valence-electron chi connectivity index (χ1n) is 7.01. The molecule has 3 heterocycles. The van der Waals surface area contributed by atoms with Crippen LogP contribution in [0.4, 0.5) is 5.69 Å². The second-order valence-electron chi connectivity index (χ2n) is 5.06. The SMILES string of the molecule is CCc1nn2c3c(nc2s1)CCN(c1ccccc1)C3. The van der Waals surface area contributed by atoms with Crippen molar-refractivity contribution < 1.29 is 0 Å². The molecule has 1 aliphatic rings. The van der Waals surface area contributed by atoms with Crippen LogP contribution in [0.2, 0.25) is 0 Å². The standard InChI is InChI=1S/C15H16N4S/c1-2-14-17-19-13-10-18(11-6-4-3-5-7-11)9-8-12(13)16-15(19)20-14/h3-7H,2,8-10H2,1H3. The summed E-state index contributed by atoms with van der Waals surface area (Å²) >= 11 is 1.71. The Bertz CT molecular complexity index is 744. The van der Waals surface area contributed by atoms with Crippen LogP contribution in [-0.4, -0.2) is 21.1 Å². The van der Waals surface area contributed by atoms with Crippen LogP contribution in [0, 0.1) is 0 Å². The number of nitrogens with zero attached hydrogens (tertiary/aromatic N) is 4. The highest BCUT2D eigenvalue weighted by Crippen LogP contribution is 2.27. The number of benzene rings is 1. The number of fused-ring (bicyclic) bond motifs is 3. The zero-order valence-corrected chi connectivity index (χ0v) is 12.2. The van der Waals surface area contributed by atoms with E-state index in [0.29, 0.717) is 0 Å². The zero-order valence-electron chi connectivity index (χ0n) is 11.4. The molecule has 0 N–H and O–H groups in total. The highest BCUT2D eigenvalue weighted by molar-refractivity contribution is 7.16. The van der Waals surface area contributed by atoms with Gasteiger partial charge < -0.3 is 4.90 Å². The van der Waals surface area contributed by atoms with Crippen LogP contribution in [0.3, 0.4) is 0 Å². The van der Waals surface area contributed by atoms with Crippen molar-refractivity contribution in [2.75, 3.05) is 11.4 Å². The van der Waals surface area contributed by atoms with E-state index in [-0.39, 0.29) is 0 Å². The third-order valence-corrected chi connectivity index (χ3v) is 4.86. The molecule has 2 aromatic heterocycles. The summed E-state index contributed by atoms with van der Waals surface area (Å²) in [6, 6.07) is 10.6. The summed E-state index contributed by atoms with van der Waals surface area (Å²) in [6.07, 6.45) is 1.98. The Labute approximate surface area is 121 Å². The van der Waals surface area contributed by atoms with Crippen molar-refractivity contribution in [3.8, 4) is 0 Å². The Morgan fingerprint density at radius 2 is 2.10 bits per heavy atom. The molecule has 0 saturated carbocycles. The molecule has 3 aromatic rings. The van der Waals surface area contributed by atoms with Crippen LogP contribution >= 0.6 is 11.3 Å². The monoisotopic (exact) mass is 284 g/mol. The van der Waals surface area contributed by atoms with Gasteiger partial charge in [0.05, 0.1) is 17.9 Å². The zero-order chi connectivity index (χ0) is 13.5. The number of aryl methyl sites for hydroxylation is 1. The molecule has 0 radical (unpaired) electrons. The largest absolute Gasteiger partial charge is 0.365 e. The van der Waals surface area contributed by atoms with Crippen LogP contribution in [-0.2, 0) is 19.4 Å². The molecule has 20 heavy (non-hydrogen) atoms. The fourth-order valence-corrected chi connectivity index (χ4v) is 3.60. The van der Waals surface area contributed by atoms with E-state index in [1.807, 2.05) is 4.52 Å². The Kier molecular flexibility index (Phi) is 2.73. The molecular weight excluding hydrogens is 268 g/mol. The molecule has 0 unspecified atom stereocenters. The molecule has 0 bridgehead atoms. The van der Waals surface area contributed by atoms with Gasteiger partial charge in [-0.15, -0.1) is 0 Å². The molecule has 0 amide bonds. The predicted molar refractivity (Wildman–Crippen MR) is 81.4 cm³/mol. The van der Waals surface area contributed by atoms with Crippen molar-refractivity contribution in [1.82, 2.24) is 14.6 Å². The second kappa shape index (κ2) is 4.59. The average Bonchev–Trinajstić information content (AvgIpc) is 3.04. The van der Waals surface area contributed by atoms with Gasteiger partial charge in [0.1, 0.15) is 5.01 Å². The normalized spacial score (nSPS) is 14.8. The van der Waals surface area contributed by atoms with Crippen molar-refractivity contribution in [2.45, 2.75) is 26.3 Å². The molecule has 4 rings (SSSR count). The lowest BCUT2D eigenvalue weighted by Gasteiger charge is -2.28. The van der Waals surface area contributed by atoms with E-state index in [9.17, 15) is 0 Å². The maximum absolute atomic E-state index is 4.74. The Morgan fingerprint density at radius 1 is 1.25 bits per heavy atom. The van der Waals surface area contributed by atoms with Crippen LogP contribution in [0.15, 0.2) is 30.3 Å². The maximum atomic E-state index is 4.74. The van der Waals surface area contributed by atoms with Crippen molar-refractivity contribution in [3.05, 3.63) is 46.7 Å². The van der Waals surface area contributed by atoms with Crippen LogP contribution in [0.1, 0.15) is 23.3 Å². The Morgan fingerprint density at radius 3 is 2.90 bits per heavy atom. The summed E-state index contributed by atoms with van der Waals surface area (Å²) < 4.78 is 2.05. The first-order valence-corrected chi connectivity index (χ1v) is 7.83. The molecule has 102 valence electrons. The van der Waals surface area contributed by atoms with Gasteiger partial charge in [-0.3, -0.25) is 0 Å². The van der Waals surface area contributed by atoms with Crippen molar-refractivity contribution in [2.24, 2.45) is 0 Å². The summed E-state index contributed by atoms with van der Waals surface area (Å²) in [4.78, 5) is 8.19. The molecule has 0 fully saturated rings. The number of rotatable bonds is 2. The maximum Gasteiger partial charge on any atom is 0.212 e. The summed E-state index contributed by atoms with van der Waals surface area (Å²) in [6.45, 7) is 4.07. The van der Waals surface area contributed by atoms with Gasteiger partial charge in [-0.2, -0.15) is 5.10 Å². The molecule has 0 spiro atoms. The van der Waals surface area contributed by atoms with E-state index < -0.39 is 0 Å². The molecule has 0 saturated heterocycles. The van der Waals surface area contributed by atoms with Crippen LogP contribution < -0.4 is 4.90 Å². The van der Waals surface area contributed by atoms with E-state index in [1.54, 1.807) is 11.3 Å². The molecule has 4 nitrogen and oxygen atoms in total. The van der Waals surface area contributed by atoms with E-state index in [2.05, 4.69) is 47.3 Å². The molecule has 0 aliphatic carbocycles. The van der Waals surface area contributed by atoms with Gasteiger partial charge in [-0.1, -0.05) is 36.5 Å². The summed E-state index contributed by atoms with van der Waals surface area (Å²) in [7, 11) is 0. The summed E-state index contributed by atoms with van der Waals surface area (Å²) in [5.41, 5.74) is 3.75. The summed E-state index contributed by atoms with van der Waals surface area (Å²) in [5.74, 6) is 0. The molecule has 1 aliphatic heterocycles. The lowest BCUT2D eigenvalue weighted by molar-refractivity contribution is 0.684. The number of anilines is 1. The highest BCUT2D eigenvalue weighted by atomic mass is 32.1. The van der Waals surface area contributed by atoms with Gasteiger partial charge in [0.25, 0.3) is 0 Å². The van der Waals surface area contributed by atoms with Crippen molar-refractivity contribution in [3.63, 3.8) is 0 Å². The van der Waals surface area contributed by atoms with E-state index >= 15 is 0 Å². The number of hydrogen-bond donors (Lipinski definition) is 0. The van der Waals surface area contributed by atoms with Crippen molar-refractivity contribution in [1.29, 1.82) is 0 Å². The Balaban J connectivity index is 1.74. The van der Waals surface area contributed by atoms with Gasteiger partial charge in [0.2, 0.25) is 4.96 Å². The number of imidazole rings is 1. The second-order valence-corrected chi connectivity index (χ2v) is 6.10. The summed E-state index contributed by atoms with van der Waals surface area (Å²) in [5, 5.41) is 5.84. The van der Waals surface area contributed by atoms with E-state index in [1.165, 1.54) is 17.1 Å². The Hall–Kier alpha value is -1.88. The number of para-hydroxylation sites is 1. The molecule has 1 aromatic carbocycles. The quantitative estimate of drug-likeness (QED) is 0.725. The minimum absolute atomic E-state index is 0.896. The van der Waals surface area contributed by atoms with Gasteiger partial charge in [0.15, 0.2) is 0 Å². The van der Waals surface area contributed by atoms with Gasteiger partial charge in [0, 0.05) is 18.7 Å². The average molecular weight is 284 g/mol. The first kappa shape index (κ1) is 11.9. The minimum atomic E-state index is 0.896. The lowest BCUT2D eigenvalue weighted by Crippen LogP contribution is -2.31. The highest BCUT2D eigenvalue weighted by Gasteiger charge is 2.23.